The van der Waals surface area contributed by atoms with Crippen molar-refractivity contribution in [2.45, 2.75) is 52.2 Å². The van der Waals surface area contributed by atoms with E-state index in [1.807, 2.05) is 6.92 Å². The maximum absolute atomic E-state index is 11.6. The molecule has 1 fully saturated rings. The molecule has 4 atom stereocenters. The third-order valence-corrected chi connectivity index (χ3v) is 4.60. The van der Waals surface area contributed by atoms with Gasteiger partial charge in [0.1, 0.15) is 6.10 Å². The summed E-state index contributed by atoms with van der Waals surface area (Å²) in [5, 5.41) is 10.7. The Hall–Kier alpha value is -1.62. The number of fused-ring (bicyclic) bond motifs is 1. The summed E-state index contributed by atoms with van der Waals surface area (Å²) in [6, 6.07) is 0. The number of esters is 2. The van der Waals surface area contributed by atoms with Crippen LogP contribution in [-0.4, -0.2) is 35.9 Å². The standard InChI is InChI=1S/C17H24O5/c1-9(6-5-7-21-12(4)18)14-10(2)8-13-15(16(14)19)11(3)17(20)22-13/h9,13,15-16,19H,3,5-8H2,1-2,4H3/t9-,13-,15-,16+/m1/s1. The van der Waals surface area contributed by atoms with Gasteiger partial charge >= 0.3 is 11.9 Å². The van der Waals surface area contributed by atoms with E-state index in [-0.39, 0.29) is 23.9 Å². The molecule has 1 aliphatic carbocycles. The highest BCUT2D eigenvalue weighted by molar-refractivity contribution is 5.91. The molecule has 0 spiro atoms. The Morgan fingerprint density at radius 1 is 1.55 bits per heavy atom. The van der Waals surface area contributed by atoms with Gasteiger partial charge in [0.25, 0.3) is 0 Å². The molecule has 1 aliphatic heterocycles. The van der Waals surface area contributed by atoms with Gasteiger partial charge in [-0.2, -0.15) is 0 Å². The first-order chi connectivity index (χ1) is 10.3. The Morgan fingerprint density at radius 3 is 2.86 bits per heavy atom. The highest BCUT2D eigenvalue weighted by Crippen LogP contribution is 2.43. The van der Waals surface area contributed by atoms with Crippen LogP contribution in [0.1, 0.15) is 40.0 Å². The van der Waals surface area contributed by atoms with E-state index in [9.17, 15) is 14.7 Å². The van der Waals surface area contributed by atoms with Gasteiger partial charge in [-0.15, -0.1) is 0 Å². The summed E-state index contributed by atoms with van der Waals surface area (Å²) in [7, 11) is 0. The van der Waals surface area contributed by atoms with Crippen molar-refractivity contribution >= 4 is 11.9 Å². The van der Waals surface area contributed by atoms with Crippen molar-refractivity contribution in [3.63, 3.8) is 0 Å². The highest BCUT2D eigenvalue weighted by Gasteiger charge is 2.47. The van der Waals surface area contributed by atoms with E-state index in [0.29, 0.717) is 18.6 Å². The molecule has 122 valence electrons. The van der Waals surface area contributed by atoms with Gasteiger partial charge in [0, 0.05) is 18.9 Å². The Labute approximate surface area is 131 Å². The van der Waals surface area contributed by atoms with Gasteiger partial charge in [0.15, 0.2) is 0 Å². The van der Waals surface area contributed by atoms with E-state index in [1.165, 1.54) is 6.92 Å². The smallest absolute Gasteiger partial charge is 0.334 e. The number of aliphatic hydroxyl groups is 1. The molecule has 5 nitrogen and oxygen atoms in total. The number of carbonyl (C=O) groups excluding carboxylic acids is 2. The Bertz CT molecular complexity index is 519. The first kappa shape index (κ1) is 16.7. The SMILES string of the molecule is C=C1C(=O)O[C@@H]2CC(C)=C([C@H](C)CCCOC(C)=O)[C@H](O)[C@H]12. The first-order valence-electron chi connectivity index (χ1n) is 7.73. The van der Waals surface area contributed by atoms with Crippen molar-refractivity contribution in [3.05, 3.63) is 23.3 Å². The second kappa shape index (κ2) is 6.65. The van der Waals surface area contributed by atoms with Crippen LogP contribution in [0.3, 0.4) is 0 Å². The van der Waals surface area contributed by atoms with Crippen molar-refractivity contribution < 1.29 is 24.2 Å². The number of hydrogen-bond donors (Lipinski definition) is 1. The zero-order chi connectivity index (χ0) is 16.4. The number of rotatable bonds is 5. The van der Waals surface area contributed by atoms with Crippen molar-refractivity contribution in [2.75, 3.05) is 6.61 Å². The van der Waals surface area contributed by atoms with Gasteiger partial charge in [0.2, 0.25) is 0 Å². The van der Waals surface area contributed by atoms with Crippen LogP contribution in [0.25, 0.3) is 0 Å². The molecule has 0 bridgehead atoms. The summed E-state index contributed by atoms with van der Waals surface area (Å²) in [5.41, 5.74) is 2.43. The van der Waals surface area contributed by atoms with Gasteiger partial charge < -0.3 is 14.6 Å². The van der Waals surface area contributed by atoms with Crippen LogP contribution >= 0.6 is 0 Å². The van der Waals surface area contributed by atoms with Gasteiger partial charge in [-0.05, 0) is 31.3 Å². The van der Waals surface area contributed by atoms with Crippen molar-refractivity contribution in [2.24, 2.45) is 11.8 Å². The minimum absolute atomic E-state index is 0.162. The molecule has 22 heavy (non-hydrogen) atoms. The Kier molecular flexibility index (Phi) is 5.06. The van der Waals surface area contributed by atoms with Crippen LogP contribution in [0.15, 0.2) is 23.3 Å². The fraction of sp³-hybridized carbons (Fsp3) is 0.647. The largest absolute Gasteiger partial charge is 0.466 e. The predicted molar refractivity (Wildman–Crippen MR) is 80.9 cm³/mol. The maximum atomic E-state index is 11.6. The maximum Gasteiger partial charge on any atom is 0.334 e. The van der Waals surface area contributed by atoms with E-state index in [4.69, 9.17) is 9.47 Å². The quantitative estimate of drug-likeness (QED) is 0.364. The monoisotopic (exact) mass is 308 g/mol. The minimum atomic E-state index is -0.721. The van der Waals surface area contributed by atoms with Crippen LogP contribution in [0, 0.1) is 11.8 Å². The minimum Gasteiger partial charge on any atom is -0.466 e. The molecule has 1 saturated heterocycles. The van der Waals surface area contributed by atoms with E-state index in [1.54, 1.807) is 0 Å². The Balaban J connectivity index is 2.03. The third-order valence-electron chi connectivity index (χ3n) is 4.60. The summed E-state index contributed by atoms with van der Waals surface area (Å²) in [5.74, 6) is -0.843. The van der Waals surface area contributed by atoms with Crippen molar-refractivity contribution in [1.29, 1.82) is 0 Å². The van der Waals surface area contributed by atoms with E-state index in [2.05, 4.69) is 13.5 Å². The zero-order valence-electron chi connectivity index (χ0n) is 13.4. The van der Waals surface area contributed by atoms with Crippen LogP contribution in [-0.2, 0) is 19.1 Å². The summed E-state index contributed by atoms with van der Waals surface area (Å²) >= 11 is 0. The lowest BCUT2D eigenvalue weighted by molar-refractivity contribution is -0.141. The second-order valence-corrected chi connectivity index (χ2v) is 6.26. The number of hydrogen-bond acceptors (Lipinski definition) is 5. The third kappa shape index (κ3) is 3.24. The lowest BCUT2D eigenvalue weighted by Crippen LogP contribution is -2.37. The average Bonchev–Trinajstić information content (AvgIpc) is 2.69. The number of carbonyl (C=O) groups is 2. The fourth-order valence-corrected chi connectivity index (χ4v) is 3.55. The van der Waals surface area contributed by atoms with Crippen molar-refractivity contribution in [1.82, 2.24) is 0 Å². The van der Waals surface area contributed by atoms with Gasteiger partial charge in [-0.1, -0.05) is 19.1 Å². The molecule has 0 amide bonds. The lowest BCUT2D eigenvalue weighted by Gasteiger charge is -2.35. The molecule has 5 heteroatoms. The number of ether oxygens (including phenoxy) is 2. The second-order valence-electron chi connectivity index (χ2n) is 6.26. The molecular weight excluding hydrogens is 284 g/mol. The topological polar surface area (TPSA) is 72.8 Å². The molecule has 0 aromatic heterocycles. The average molecular weight is 308 g/mol. The van der Waals surface area contributed by atoms with Crippen LogP contribution in [0.5, 0.6) is 0 Å². The molecule has 2 aliphatic rings. The lowest BCUT2D eigenvalue weighted by atomic mass is 9.73. The zero-order valence-corrected chi connectivity index (χ0v) is 13.4. The molecule has 0 saturated carbocycles. The normalized spacial score (nSPS) is 29.2. The van der Waals surface area contributed by atoms with Crippen molar-refractivity contribution in [3.8, 4) is 0 Å². The molecule has 0 aromatic carbocycles. The Morgan fingerprint density at radius 2 is 2.23 bits per heavy atom. The molecule has 0 unspecified atom stereocenters. The summed E-state index contributed by atoms with van der Waals surface area (Å²) in [6.45, 7) is 9.58. The molecule has 0 radical (unpaired) electrons. The van der Waals surface area contributed by atoms with Gasteiger partial charge in [-0.25, -0.2) is 4.79 Å². The van der Waals surface area contributed by atoms with Gasteiger partial charge in [-0.3, -0.25) is 4.79 Å². The predicted octanol–water partition coefficient (Wildman–Crippen LogP) is 2.14. The summed E-state index contributed by atoms with van der Waals surface area (Å²) in [6.07, 6.45) is 1.20. The van der Waals surface area contributed by atoms with Crippen LogP contribution < -0.4 is 0 Å². The molecule has 0 aromatic rings. The molecule has 1 heterocycles. The highest BCUT2D eigenvalue weighted by atomic mass is 16.6. The summed E-state index contributed by atoms with van der Waals surface area (Å²) in [4.78, 5) is 22.4. The van der Waals surface area contributed by atoms with Crippen LogP contribution in [0.4, 0.5) is 0 Å². The van der Waals surface area contributed by atoms with Gasteiger partial charge in [0.05, 0.1) is 18.6 Å². The van der Waals surface area contributed by atoms with E-state index < -0.39 is 12.1 Å². The summed E-state index contributed by atoms with van der Waals surface area (Å²) < 4.78 is 10.2. The van der Waals surface area contributed by atoms with E-state index >= 15 is 0 Å². The van der Waals surface area contributed by atoms with Crippen LogP contribution in [0.2, 0.25) is 0 Å². The molecule has 2 rings (SSSR count). The first-order valence-corrected chi connectivity index (χ1v) is 7.73. The fourth-order valence-electron chi connectivity index (χ4n) is 3.55. The molecule has 1 N–H and O–H groups in total. The molecular formula is C17H24O5. The van der Waals surface area contributed by atoms with E-state index in [0.717, 1.165) is 24.0 Å². The number of aliphatic hydroxyl groups excluding tert-OH is 1.